The van der Waals surface area contributed by atoms with Gasteiger partial charge in [0.1, 0.15) is 11.8 Å². The maximum absolute atomic E-state index is 12.6. The van der Waals surface area contributed by atoms with Crippen LogP contribution in [0.5, 0.6) is 5.88 Å². The van der Waals surface area contributed by atoms with E-state index in [-0.39, 0.29) is 11.7 Å². The van der Waals surface area contributed by atoms with Crippen molar-refractivity contribution >= 4 is 17.6 Å². The van der Waals surface area contributed by atoms with Gasteiger partial charge in [0.25, 0.3) is 11.8 Å². The van der Waals surface area contributed by atoms with E-state index in [2.05, 4.69) is 10.4 Å². The number of nitrogens with one attached hydrogen (secondary N) is 1. The van der Waals surface area contributed by atoms with Crippen molar-refractivity contribution in [3.63, 3.8) is 0 Å². The number of aryl methyl sites for hydroxylation is 1. The molecule has 0 saturated carbocycles. The van der Waals surface area contributed by atoms with Gasteiger partial charge in [0.15, 0.2) is 0 Å². The van der Waals surface area contributed by atoms with E-state index < -0.39 is 11.9 Å². The molecule has 0 radical (unpaired) electrons. The molecule has 7 heteroatoms. The molecule has 7 nitrogen and oxygen atoms in total. The number of aromatic nitrogens is 2. The van der Waals surface area contributed by atoms with Gasteiger partial charge >= 0.3 is 5.97 Å². The molecule has 0 aliphatic carbocycles. The van der Waals surface area contributed by atoms with Crippen LogP contribution in [0.3, 0.4) is 0 Å². The maximum Gasteiger partial charge on any atom is 0.335 e. The Labute approximate surface area is 146 Å². The first kappa shape index (κ1) is 18.5. The van der Waals surface area contributed by atoms with Crippen LogP contribution in [0.15, 0.2) is 24.4 Å². The zero-order chi connectivity index (χ0) is 18.7. The number of anilines is 1. The van der Waals surface area contributed by atoms with Crippen molar-refractivity contribution in [2.45, 2.75) is 33.8 Å². The lowest BCUT2D eigenvalue weighted by Crippen LogP contribution is -2.20. The highest BCUT2D eigenvalue weighted by Crippen LogP contribution is 2.25. The first-order valence-corrected chi connectivity index (χ1v) is 8.05. The minimum absolute atomic E-state index is 0.0670. The van der Waals surface area contributed by atoms with Crippen LogP contribution >= 0.6 is 0 Å². The molecule has 1 atom stereocenters. The lowest BCUT2D eigenvalue weighted by atomic mass is 10.0. The van der Waals surface area contributed by atoms with Gasteiger partial charge in [0.05, 0.1) is 11.8 Å². The summed E-state index contributed by atoms with van der Waals surface area (Å²) in [7, 11) is 1.73. The lowest BCUT2D eigenvalue weighted by molar-refractivity contribution is 0.0696. The molecule has 0 aliphatic rings. The highest BCUT2D eigenvalue weighted by atomic mass is 16.5. The van der Waals surface area contributed by atoms with Gasteiger partial charge < -0.3 is 15.2 Å². The number of rotatable bonds is 6. The average Bonchev–Trinajstić information content (AvgIpc) is 2.86. The number of carboxylic acid groups (broad SMARTS) is 1. The number of hydrogen-bond acceptors (Lipinski definition) is 4. The number of aromatic carboxylic acids is 1. The Balaban J connectivity index is 2.27. The van der Waals surface area contributed by atoms with Crippen LogP contribution in [0, 0.1) is 12.8 Å². The summed E-state index contributed by atoms with van der Waals surface area (Å²) in [4.78, 5) is 23.8. The number of carbonyl (C=O) groups excluding carboxylic acids is 1. The molecular formula is C18H23N3O4. The fraction of sp³-hybridized carbons (Fsp3) is 0.389. The molecule has 1 unspecified atom stereocenters. The molecule has 25 heavy (non-hydrogen) atoms. The first-order valence-electron chi connectivity index (χ1n) is 8.05. The molecule has 2 aromatic rings. The number of ether oxygens (including phenoxy) is 1. The van der Waals surface area contributed by atoms with Crippen LogP contribution in [0.25, 0.3) is 0 Å². The average molecular weight is 345 g/mol. The molecular weight excluding hydrogens is 322 g/mol. The van der Waals surface area contributed by atoms with Crippen molar-refractivity contribution in [1.29, 1.82) is 0 Å². The van der Waals surface area contributed by atoms with E-state index in [9.17, 15) is 14.7 Å². The van der Waals surface area contributed by atoms with Gasteiger partial charge in [-0.15, -0.1) is 5.10 Å². The zero-order valence-corrected chi connectivity index (χ0v) is 15.0. The van der Waals surface area contributed by atoms with Crippen LogP contribution in [-0.4, -0.2) is 32.9 Å². The predicted molar refractivity (Wildman–Crippen MR) is 94.2 cm³/mol. The lowest BCUT2D eigenvalue weighted by Gasteiger charge is -2.17. The summed E-state index contributed by atoms with van der Waals surface area (Å²) >= 11 is 0. The molecule has 0 saturated heterocycles. The summed E-state index contributed by atoms with van der Waals surface area (Å²) in [5, 5.41) is 16.2. The number of benzene rings is 1. The Bertz CT molecular complexity index is 796. The second kappa shape index (κ2) is 7.38. The van der Waals surface area contributed by atoms with Crippen molar-refractivity contribution in [3.05, 3.63) is 41.1 Å². The normalized spacial score (nSPS) is 12.1. The Morgan fingerprint density at radius 3 is 2.48 bits per heavy atom. The summed E-state index contributed by atoms with van der Waals surface area (Å²) in [6.07, 6.45) is 1.58. The minimum atomic E-state index is -1.07. The van der Waals surface area contributed by atoms with E-state index in [0.717, 1.165) is 0 Å². The number of carboxylic acids is 1. The second-order valence-electron chi connectivity index (χ2n) is 6.33. The standard InChI is InChI=1S/C18H23N3O4/c1-10(2)12(4)25-17-15(9-21(5)20-17)19-16(22)13-7-6-8-14(11(13)3)18(23)24/h6-10,12H,1-5H3,(H,19,22)(H,23,24). The van der Waals surface area contributed by atoms with E-state index in [1.54, 1.807) is 37.0 Å². The Hall–Kier alpha value is -2.83. The summed E-state index contributed by atoms with van der Waals surface area (Å²) < 4.78 is 7.37. The Kier molecular flexibility index (Phi) is 5.46. The number of nitrogens with zero attached hydrogens (tertiary/aromatic N) is 2. The first-order chi connectivity index (χ1) is 11.7. The highest BCUT2D eigenvalue weighted by molar-refractivity contribution is 6.07. The number of carbonyl (C=O) groups is 2. The topological polar surface area (TPSA) is 93.4 Å². The molecule has 0 fully saturated rings. The molecule has 134 valence electrons. The largest absolute Gasteiger partial charge is 0.478 e. The van der Waals surface area contributed by atoms with Crippen LogP contribution < -0.4 is 10.1 Å². The quantitative estimate of drug-likeness (QED) is 0.839. The van der Waals surface area contributed by atoms with Gasteiger partial charge in [-0.3, -0.25) is 9.48 Å². The molecule has 1 aromatic heterocycles. The third kappa shape index (κ3) is 4.17. The van der Waals surface area contributed by atoms with Gasteiger partial charge in [-0.2, -0.15) is 0 Å². The van der Waals surface area contributed by atoms with E-state index in [0.29, 0.717) is 28.6 Å². The van der Waals surface area contributed by atoms with Crippen molar-refractivity contribution in [2.75, 3.05) is 5.32 Å². The van der Waals surface area contributed by atoms with Crippen molar-refractivity contribution in [3.8, 4) is 5.88 Å². The van der Waals surface area contributed by atoms with Gasteiger partial charge in [-0.05, 0) is 37.5 Å². The van der Waals surface area contributed by atoms with Gasteiger partial charge in [-0.1, -0.05) is 19.9 Å². The van der Waals surface area contributed by atoms with Crippen LogP contribution in [0.4, 0.5) is 5.69 Å². The number of amides is 1. The molecule has 1 amide bonds. The van der Waals surface area contributed by atoms with Gasteiger partial charge in [0, 0.05) is 12.6 Å². The summed E-state index contributed by atoms with van der Waals surface area (Å²) in [5.74, 6) is -0.844. The monoisotopic (exact) mass is 345 g/mol. The minimum Gasteiger partial charge on any atom is -0.478 e. The molecule has 1 aromatic carbocycles. The third-order valence-corrected chi connectivity index (χ3v) is 4.09. The summed E-state index contributed by atoms with van der Waals surface area (Å²) in [5.41, 5.74) is 1.25. The molecule has 2 N–H and O–H groups in total. The Morgan fingerprint density at radius 1 is 1.24 bits per heavy atom. The van der Waals surface area contributed by atoms with Crippen molar-refractivity contribution in [2.24, 2.45) is 13.0 Å². The maximum atomic E-state index is 12.6. The molecule has 2 rings (SSSR count). The van der Waals surface area contributed by atoms with Crippen molar-refractivity contribution < 1.29 is 19.4 Å². The van der Waals surface area contributed by atoms with E-state index in [1.807, 2.05) is 20.8 Å². The SMILES string of the molecule is Cc1c(C(=O)O)cccc1C(=O)Nc1cn(C)nc1OC(C)C(C)C. The molecule has 0 aliphatic heterocycles. The summed E-state index contributed by atoms with van der Waals surface area (Å²) in [6, 6.07) is 4.61. The fourth-order valence-electron chi connectivity index (χ4n) is 2.26. The van der Waals surface area contributed by atoms with Gasteiger partial charge in [0.2, 0.25) is 0 Å². The summed E-state index contributed by atoms with van der Waals surface area (Å²) in [6.45, 7) is 7.62. The predicted octanol–water partition coefficient (Wildman–Crippen LogP) is 3.10. The third-order valence-electron chi connectivity index (χ3n) is 4.09. The molecule has 0 bridgehead atoms. The van der Waals surface area contributed by atoms with Gasteiger partial charge in [-0.25, -0.2) is 4.79 Å². The van der Waals surface area contributed by atoms with E-state index in [1.165, 1.54) is 6.07 Å². The van der Waals surface area contributed by atoms with Crippen LogP contribution in [-0.2, 0) is 7.05 Å². The van der Waals surface area contributed by atoms with Crippen LogP contribution in [0.2, 0.25) is 0 Å². The zero-order valence-electron chi connectivity index (χ0n) is 15.0. The Morgan fingerprint density at radius 2 is 1.88 bits per heavy atom. The van der Waals surface area contributed by atoms with E-state index >= 15 is 0 Å². The smallest absolute Gasteiger partial charge is 0.335 e. The molecule has 1 heterocycles. The highest BCUT2D eigenvalue weighted by Gasteiger charge is 2.20. The van der Waals surface area contributed by atoms with E-state index in [4.69, 9.17) is 4.74 Å². The van der Waals surface area contributed by atoms with Crippen molar-refractivity contribution in [1.82, 2.24) is 9.78 Å². The second-order valence-corrected chi connectivity index (χ2v) is 6.33. The fourth-order valence-corrected chi connectivity index (χ4v) is 2.26. The van der Waals surface area contributed by atoms with Crippen LogP contribution in [0.1, 0.15) is 47.1 Å². The number of hydrogen-bond donors (Lipinski definition) is 2. The molecule has 0 spiro atoms.